The third kappa shape index (κ3) is 5.69. The summed E-state index contributed by atoms with van der Waals surface area (Å²) in [4.78, 5) is 0. The summed E-state index contributed by atoms with van der Waals surface area (Å²) in [6.07, 6.45) is 4.74. The van der Waals surface area contributed by atoms with Gasteiger partial charge in [0.15, 0.2) is 0 Å². The van der Waals surface area contributed by atoms with Gasteiger partial charge in [-0.2, -0.15) is 0 Å². The van der Waals surface area contributed by atoms with Crippen molar-refractivity contribution < 1.29 is 4.74 Å². The highest BCUT2D eigenvalue weighted by atomic mass is 16.5. The molecule has 0 amide bonds. The molecule has 0 radical (unpaired) electrons. The first kappa shape index (κ1) is 21.7. The molecule has 2 unspecified atom stereocenters. The molecule has 0 aliphatic rings. The molecule has 0 saturated carbocycles. The summed E-state index contributed by atoms with van der Waals surface area (Å²) in [6, 6.07) is 21.6. The molecular weight excluding hydrogens is 328 g/mol. The third-order valence-electron chi connectivity index (χ3n) is 5.69. The van der Waals surface area contributed by atoms with Gasteiger partial charge in [-0.3, -0.25) is 0 Å². The van der Waals surface area contributed by atoms with E-state index in [1.165, 1.54) is 11.1 Å². The first-order valence-corrected chi connectivity index (χ1v) is 10.6. The second-order valence-electron chi connectivity index (χ2n) is 9.19. The smallest absolute Gasteiger partial charge is 0.0884 e. The summed E-state index contributed by atoms with van der Waals surface area (Å²) in [7, 11) is 0. The molecule has 0 heterocycles. The van der Waals surface area contributed by atoms with E-state index in [1.807, 2.05) is 0 Å². The van der Waals surface area contributed by atoms with E-state index >= 15 is 0 Å². The Morgan fingerprint density at radius 2 is 0.963 bits per heavy atom. The third-order valence-corrected chi connectivity index (χ3v) is 5.69. The highest BCUT2D eigenvalue weighted by molar-refractivity contribution is 5.23. The highest BCUT2D eigenvalue weighted by Crippen LogP contribution is 2.48. The van der Waals surface area contributed by atoms with Crippen molar-refractivity contribution in [3.8, 4) is 0 Å². The Kier molecular flexibility index (Phi) is 7.68. The fourth-order valence-corrected chi connectivity index (χ4v) is 4.37. The van der Waals surface area contributed by atoms with Gasteiger partial charge in [-0.05, 0) is 34.8 Å². The largest absolute Gasteiger partial charge is 0.364 e. The molecular formula is C26H38O. The van der Waals surface area contributed by atoms with E-state index in [2.05, 4.69) is 102 Å². The Hall–Kier alpha value is -1.60. The van der Waals surface area contributed by atoms with Gasteiger partial charge >= 0.3 is 0 Å². The quantitative estimate of drug-likeness (QED) is 0.412. The minimum atomic E-state index is 0.0694. The van der Waals surface area contributed by atoms with Crippen LogP contribution in [0.2, 0.25) is 0 Å². The van der Waals surface area contributed by atoms with E-state index in [1.54, 1.807) is 0 Å². The van der Waals surface area contributed by atoms with Crippen LogP contribution in [-0.2, 0) is 4.74 Å². The maximum Gasteiger partial charge on any atom is 0.0884 e. The molecule has 0 N–H and O–H groups in total. The van der Waals surface area contributed by atoms with E-state index in [0.29, 0.717) is 0 Å². The molecule has 0 saturated heterocycles. The van der Waals surface area contributed by atoms with Crippen molar-refractivity contribution in [1.29, 1.82) is 0 Å². The van der Waals surface area contributed by atoms with Gasteiger partial charge in [0.25, 0.3) is 0 Å². The summed E-state index contributed by atoms with van der Waals surface area (Å²) in [5.74, 6) is 0. The van der Waals surface area contributed by atoms with Crippen molar-refractivity contribution in [2.24, 2.45) is 10.8 Å². The van der Waals surface area contributed by atoms with Gasteiger partial charge in [0.2, 0.25) is 0 Å². The van der Waals surface area contributed by atoms with E-state index in [-0.39, 0.29) is 23.0 Å². The number of benzene rings is 2. The zero-order valence-corrected chi connectivity index (χ0v) is 18.2. The molecule has 0 aliphatic heterocycles. The lowest BCUT2D eigenvalue weighted by molar-refractivity contribution is -0.125. The Morgan fingerprint density at radius 3 is 1.26 bits per heavy atom. The Morgan fingerprint density at radius 1 is 0.630 bits per heavy atom. The zero-order chi connectivity index (χ0) is 19.9. The van der Waals surface area contributed by atoms with E-state index < -0.39 is 0 Å². The van der Waals surface area contributed by atoms with Gasteiger partial charge in [-0.25, -0.2) is 0 Å². The van der Waals surface area contributed by atoms with Crippen LogP contribution in [0.4, 0.5) is 0 Å². The Bertz CT molecular complexity index is 598. The predicted molar refractivity (Wildman–Crippen MR) is 117 cm³/mol. The van der Waals surface area contributed by atoms with Gasteiger partial charge in [0, 0.05) is 0 Å². The molecule has 1 nitrogen and oxygen atoms in total. The molecule has 0 aromatic heterocycles. The van der Waals surface area contributed by atoms with Crippen LogP contribution in [0.5, 0.6) is 0 Å². The monoisotopic (exact) mass is 366 g/mol. The molecule has 2 aromatic rings. The van der Waals surface area contributed by atoms with Gasteiger partial charge in [-0.1, -0.05) is 115 Å². The fraction of sp³-hybridized carbons (Fsp3) is 0.538. The van der Waals surface area contributed by atoms with Crippen molar-refractivity contribution >= 4 is 0 Å². The van der Waals surface area contributed by atoms with Crippen molar-refractivity contribution in [2.75, 3.05) is 0 Å². The number of hydrogen-bond acceptors (Lipinski definition) is 1. The normalized spacial score (nSPS) is 14.7. The van der Waals surface area contributed by atoms with Gasteiger partial charge < -0.3 is 4.74 Å². The molecule has 0 aliphatic carbocycles. The Labute approximate surface area is 167 Å². The lowest BCUT2D eigenvalue weighted by atomic mass is 9.76. The first-order valence-electron chi connectivity index (χ1n) is 10.6. The average molecular weight is 367 g/mol. The summed E-state index contributed by atoms with van der Waals surface area (Å²) in [5.41, 5.74) is 2.71. The number of ether oxygens (including phenoxy) is 1. The van der Waals surface area contributed by atoms with Crippen LogP contribution in [-0.4, -0.2) is 0 Å². The molecule has 2 aromatic carbocycles. The number of hydrogen-bond donors (Lipinski definition) is 0. The van der Waals surface area contributed by atoms with Gasteiger partial charge in [0.1, 0.15) is 0 Å². The predicted octanol–water partition coefficient (Wildman–Crippen LogP) is 8.14. The maximum atomic E-state index is 7.06. The second kappa shape index (κ2) is 9.55. The van der Waals surface area contributed by atoms with Crippen LogP contribution in [0.1, 0.15) is 90.6 Å². The maximum absolute atomic E-state index is 7.06. The van der Waals surface area contributed by atoms with Gasteiger partial charge in [-0.15, -0.1) is 0 Å². The molecule has 2 atom stereocenters. The number of rotatable bonds is 10. The molecule has 0 bridgehead atoms. The lowest BCUT2D eigenvalue weighted by Crippen LogP contribution is -2.32. The van der Waals surface area contributed by atoms with Crippen molar-refractivity contribution in [2.45, 2.75) is 79.4 Å². The Balaban J connectivity index is 2.46. The molecule has 0 fully saturated rings. The van der Waals surface area contributed by atoms with E-state index in [0.717, 1.165) is 25.7 Å². The molecule has 1 heteroatoms. The zero-order valence-electron chi connectivity index (χ0n) is 18.2. The van der Waals surface area contributed by atoms with E-state index in [9.17, 15) is 0 Å². The van der Waals surface area contributed by atoms with Crippen LogP contribution in [0.3, 0.4) is 0 Å². The van der Waals surface area contributed by atoms with Crippen LogP contribution in [0.15, 0.2) is 60.7 Å². The standard InChI is InChI=1S/C26H38O/c1-7-19-25(3,4)23(21-15-11-9-12-16-21)27-24(26(5,6)20-8-2)22-17-13-10-14-18-22/h9-18,23-24H,7-8,19-20H2,1-6H3. The van der Waals surface area contributed by atoms with Crippen molar-refractivity contribution in [1.82, 2.24) is 0 Å². The van der Waals surface area contributed by atoms with Crippen LogP contribution >= 0.6 is 0 Å². The fourth-order valence-electron chi connectivity index (χ4n) is 4.37. The lowest BCUT2D eigenvalue weighted by Gasteiger charge is -2.42. The first-order chi connectivity index (χ1) is 12.8. The average Bonchev–Trinajstić information content (AvgIpc) is 2.63. The van der Waals surface area contributed by atoms with E-state index in [4.69, 9.17) is 4.74 Å². The minimum absolute atomic E-state index is 0.0694. The van der Waals surface area contributed by atoms with Crippen molar-refractivity contribution in [3.05, 3.63) is 71.8 Å². The SMILES string of the molecule is CCCC(C)(C)C(OC(c1ccccc1)C(C)(C)CCC)c1ccccc1. The summed E-state index contributed by atoms with van der Waals surface area (Å²) < 4.78 is 7.06. The second-order valence-corrected chi connectivity index (χ2v) is 9.19. The molecule has 0 spiro atoms. The summed E-state index contributed by atoms with van der Waals surface area (Å²) in [5, 5.41) is 0. The topological polar surface area (TPSA) is 9.23 Å². The summed E-state index contributed by atoms with van der Waals surface area (Å²) >= 11 is 0. The molecule has 2 rings (SSSR count). The van der Waals surface area contributed by atoms with Crippen LogP contribution in [0, 0.1) is 10.8 Å². The molecule has 27 heavy (non-hydrogen) atoms. The van der Waals surface area contributed by atoms with Gasteiger partial charge in [0.05, 0.1) is 12.2 Å². The van der Waals surface area contributed by atoms with Crippen LogP contribution < -0.4 is 0 Å². The summed E-state index contributed by atoms with van der Waals surface area (Å²) in [6.45, 7) is 13.9. The highest BCUT2D eigenvalue weighted by Gasteiger charge is 2.38. The minimum Gasteiger partial charge on any atom is -0.364 e. The van der Waals surface area contributed by atoms with Crippen molar-refractivity contribution in [3.63, 3.8) is 0 Å². The van der Waals surface area contributed by atoms with Crippen LogP contribution in [0.25, 0.3) is 0 Å². The molecule has 148 valence electrons.